The summed E-state index contributed by atoms with van der Waals surface area (Å²) in [6, 6.07) is 65.3. The monoisotopic (exact) mass is 771 g/mol. The van der Waals surface area contributed by atoms with Crippen molar-refractivity contribution in [2.24, 2.45) is 0 Å². The number of hydrogen-bond acceptors (Lipinski definition) is 1. The third-order valence-electron chi connectivity index (χ3n) is 14.8. The SMILES string of the molecule is CC(C)(C)c1cc(N(c2ccc3c(c2)C(C)(C)c2ccccc2-3)c2ccc3c(c2)C(C)(C)c2ccccc2-3)c2c(c1)C1(c3ccccc3-c3ccccc31)c1ccccc1-2. The first-order valence-electron chi connectivity index (χ1n) is 21.7. The molecule has 1 nitrogen and oxygen atoms in total. The first-order valence-corrected chi connectivity index (χ1v) is 21.7. The Hall–Kier alpha value is -6.44. The van der Waals surface area contributed by atoms with Crippen LogP contribution in [-0.4, -0.2) is 0 Å². The van der Waals surface area contributed by atoms with Crippen LogP contribution >= 0.6 is 0 Å². The predicted octanol–water partition coefficient (Wildman–Crippen LogP) is 15.4. The molecule has 290 valence electrons. The first kappa shape index (κ1) is 35.5. The molecule has 0 unspecified atom stereocenters. The van der Waals surface area contributed by atoms with E-state index in [1.54, 1.807) is 0 Å². The molecular weight excluding hydrogens is 723 g/mol. The molecule has 4 aliphatic rings. The third kappa shape index (κ3) is 4.43. The summed E-state index contributed by atoms with van der Waals surface area (Å²) < 4.78 is 0. The summed E-state index contributed by atoms with van der Waals surface area (Å²) >= 11 is 0. The van der Waals surface area contributed by atoms with Gasteiger partial charge in [-0.2, -0.15) is 0 Å². The van der Waals surface area contributed by atoms with Crippen LogP contribution in [-0.2, 0) is 21.7 Å². The standard InChI is InChI=1S/C59H49N/c1-56(2,3)36-32-53-55(45-22-12-17-27-50(45)59(53)48-25-15-10-20-41(48)42-21-11-16-26-49(42)59)54(33-36)60(37-28-30-43-39-18-8-13-23-46(39)57(4,5)51(43)34-37)38-29-31-44-40-19-9-14-24-47(40)58(6,7)52(44)35-38/h8-35H,1-7H3. The average Bonchev–Trinajstić information content (AvgIpc) is 3.89. The molecule has 0 heterocycles. The van der Waals surface area contributed by atoms with Crippen LogP contribution in [0.1, 0.15) is 98.5 Å². The van der Waals surface area contributed by atoms with Crippen LogP contribution in [0.5, 0.6) is 0 Å². The van der Waals surface area contributed by atoms with Crippen LogP contribution in [0, 0.1) is 0 Å². The molecule has 0 saturated carbocycles. The van der Waals surface area contributed by atoms with Crippen LogP contribution in [0.15, 0.2) is 170 Å². The van der Waals surface area contributed by atoms with Gasteiger partial charge in [0.15, 0.2) is 0 Å². The van der Waals surface area contributed by atoms with Crippen LogP contribution in [0.3, 0.4) is 0 Å². The molecule has 8 aromatic carbocycles. The van der Waals surface area contributed by atoms with E-state index < -0.39 is 5.41 Å². The summed E-state index contributed by atoms with van der Waals surface area (Å²) in [6.07, 6.45) is 0. The molecule has 0 amide bonds. The van der Waals surface area contributed by atoms with E-state index in [-0.39, 0.29) is 16.2 Å². The molecule has 0 aromatic heterocycles. The third-order valence-corrected chi connectivity index (χ3v) is 14.8. The van der Waals surface area contributed by atoms with Crippen molar-refractivity contribution in [1.82, 2.24) is 0 Å². The number of fused-ring (bicyclic) bond motifs is 16. The van der Waals surface area contributed by atoms with Crippen molar-refractivity contribution in [3.8, 4) is 44.5 Å². The van der Waals surface area contributed by atoms with E-state index in [2.05, 4.69) is 223 Å². The molecule has 60 heavy (non-hydrogen) atoms. The summed E-state index contributed by atoms with van der Waals surface area (Å²) in [7, 11) is 0. The van der Waals surface area contributed by atoms with E-state index in [0.29, 0.717) is 0 Å². The summed E-state index contributed by atoms with van der Waals surface area (Å²) in [5.41, 5.74) is 25.7. The van der Waals surface area contributed by atoms with Crippen molar-refractivity contribution in [3.05, 3.63) is 220 Å². The fourth-order valence-corrected chi connectivity index (χ4v) is 11.9. The highest BCUT2D eigenvalue weighted by Crippen LogP contribution is 2.65. The van der Waals surface area contributed by atoms with Gasteiger partial charge in [0.1, 0.15) is 0 Å². The Morgan fingerprint density at radius 1 is 0.350 bits per heavy atom. The summed E-state index contributed by atoms with van der Waals surface area (Å²) in [4.78, 5) is 2.62. The van der Waals surface area contributed by atoms with E-state index in [1.807, 2.05) is 0 Å². The van der Waals surface area contributed by atoms with E-state index >= 15 is 0 Å². The molecule has 1 spiro atoms. The molecule has 12 rings (SSSR count). The van der Waals surface area contributed by atoms with E-state index in [0.717, 1.165) is 0 Å². The highest BCUT2D eigenvalue weighted by molar-refractivity contribution is 6.02. The van der Waals surface area contributed by atoms with Gasteiger partial charge in [-0.25, -0.2) is 0 Å². The second-order valence-electron chi connectivity index (χ2n) is 19.7. The van der Waals surface area contributed by atoms with Crippen molar-refractivity contribution < 1.29 is 0 Å². The van der Waals surface area contributed by atoms with Crippen molar-refractivity contribution in [2.45, 2.75) is 70.1 Å². The van der Waals surface area contributed by atoms with Crippen molar-refractivity contribution >= 4 is 17.1 Å². The maximum Gasteiger partial charge on any atom is 0.0726 e. The normalized spacial score (nSPS) is 16.0. The highest BCUT2D eigenvalue weighted by atomic mass is 15.1. The minimum atomic E-state index is -0.454. The number of nitrogens with zero attached hydrogens (tertiary/aromatic N) is 1. The van der Waals surface area contributed by atoms with E-state index in [9.17, 15) is 0 Å². The predicted molar refractivity (Wildman–Crippen MR) is 251 cm³/mol. The Morgan fingerprint density at radius 2 is 0.717 bits per heavy atom. The van der Waals surface area contributed by atoms with Gasteiger partial charge >= 0.3 is 0 Å². The molecule has 0 radical (unpaired) electrons. The maximum atomic E-state index is 2.62. The summed E-state index contributed by atoms with van der Waals surface area (Å²) in [5, 5.41) is 0. The Bertz CT molecular complexity index is 2990. The second-order valence-corrected chi connectivity index (χ2v) is 19.7. The number of benzene rings is 8. The van der Waals surface area contributed by atoms with Crippen LogP contribution in [0.4, 0.5) is 17.1 Å². The zero-order valence-electron chi connectivity index (χ0n) is 35.6. The van der Waals surface area contributed by atoms with Gasteiger partial charge in [-0.15, -0.1) is 0 Å². The second kappa shape index (κ2) is 11.9. The van der Waals surface area contributed by atoms with Crippen molar-refractivity contribution in [1.29, 1.82) is 0 Å². The minimum Gasteiger partial charge on any atom is -0.310 e. The molecule has 0 bridgehead atoms. The molecule has 0 saturated heterocycles. The largest absolute Gasteiger partial charge is 0.310 e. The number of rotatable bonds is 3. The van der Waals surface area contributed by atoms with Gasteiger partial charge in [0.2, 0.25) is 0 Å². The summed E-state index contributed by atoms with van der Waals surface area (Å²) in [6.45, 7) is 16.7. The van der Waals surface area contributed by atoms with Crippen LogP contribution in [0.25, 0.3) is 44.5 Å². The quantitative estimate of drug-likeness (QED) is 0.173. The molecule has 0 atom stereocenters. The van der Waals surface area contributed by atoms with E-state index in [4.69, 9.17) is 0 Å². The zero-order chi connectivity index (χ0) is 40.9. The van der Waals surface area contributed by atoms with Crippen LogP contribution < -0.4 is 4.90 Å². The lowest BCUT2D eigenvalue weighted by Crippen LogP contribution is -2.27. The molecular formula is C59H49N. The molecule has 1 heteroatoms. The lowest BCUT2D eigenvalue weighted by molar-refractivity contribution is 0.588. The first-order chi connectivity index (χ1) is 28.9. The number of hydrogen-bond donors (Lipinski definition) is 0. The molecule has 0 fully saturated rings. The Labute approximate surface area is 355 Å². The number of anilines is 3. The zero-order valence-corrected chi connectivity index (χ0v) is 35.6. The van der Waals surface area contributed by atoms with Crippen molar-refractivity contribution in [3.63, 3.8) is 0 Å². The Morgan fingerprint density at radius 3 is 1.17 bits per heavy atom. The Kier molecular flexibility index (Phi) is 7.01. The van der Waals surface area contributed by atoms with Gasteiger partial charge in [-0.3, -0.25) is 0 Å². The van der Waals surface area contributed by atoms with Gasteiger partial charge in [-0.05, 0) is 125 Å². The smallest absolute Gasteiger partial charge is 0.0726 e. The van der Waals surface area contributed by atoms with Gasteiger partial charge in [0.25, 0.3) is 0 Å². The molecule has 0 aliphatic heterocycles. The molecule has 0 N–H and O–H groups in total. The average molecular weight is 772 g/mol. The van der Waals surface area contributed by atoms with Gasteiger partial charge in [0.05, 0.1) is 11.1 Å². The fraction of sp³-hybridized carbons (Fsp3) is 0.186. The summed E-state index contributed by atoms with van der Waals surface area (Å²) in [5.74, 6) is 0. The topological polar surface area (TPSA) is 3.24 Å². The van der Waals surface area contributed by atoms with Crippen LogP contribution in [0.2, 0.25) is 0 Å². The molecule has 4 aliphatic carbocycles. The van der Waals surface area contributed by atoms with Gasteiger partial charge in [0, 0.05) is 27.8 Å². The Balaban J connectivity index is 1.20. The van der Waals surface area contributed by atoms with E-state index in [1.165, 1.54) is 112 Å². The van der Waals surface area contributed by atoms with Gasteiger partial charge < -0.3 is 4.90 Å². The maximum absolute atomic E-state index is 2.62. The van der Waals surface area contributed by atoms with Crippen molar-refractivity contribution in [2.75, 3.05) is 4.90 Å². The lowest BCUT2D eigenvalue weighted by atomic mass is 9.69. The minimum absolute atomic E-state index is 0.119. The highest BCUT2D eigenvalue weighted by Gasteiger charge is 2.53. The van der Waals surface area contributed by atoms with Gasteiger partial charge in [-0.1, -0.05) is 188 Å². The fourth-order valence-electron chi connectivity index (χ4n) is 11.9. The lowest BCUT2D eigenvalue weighted by Gasteiger charge is -2.35. The molecule has 8 aromatic rings.